The summed E-state index contributed by atoms with van der Waals surface area (Å²) in [5.74, 6) is -0.330. The number of hydrogen-bond donors (Lipinski definition) is 0. The van der Waals surface area contributed by atoms with E-state index in [2.05, 4.69) is 15.5 Å². The molecule has 1 fully saturated rings. The van der Waals surface area contributed by atoms with E-state index in [0.29, 0.717) is 19.0 Å². The second-order valence-electron chi connectivity index (χ2n) is 6.19. The van der Waals surface area contributed by atoms with E-state index in [1.807, 2.05) is 35.2 Å². The lowest BCUT2D eigenvalue weighted by molar-refractivity contribution is 0.379. The highest BCUT2D eigenvalue weighted by molar-refractivity contribution is 7.89. The van der Waals surface area contributed by atoms with E-state index >= 15 is 0 Å². The van der Waals surface area contributed by atoms with Crippen molar-refractivity contribution in [3.63, 3.8) is 0 Å². The Morgan fingerprint density at radius 1 is 1.00 bits per heavy atom. The molecule has 28 heavy (non-hydrogen) atoms. The number of halogens is 2. The van der Waals surface area contributed by atoms with Crippen molar-refractivity contribution in [1.82, 2.24) is 24.5 Å². The van der Waals surface area contributed by atoms with Gasteiger partial charge in [0, 0.05) is 31.2 Å². The Labute approximate surface area is 166 Å². The van der Waals surface area contributed by atoms with Gasteiger partial charge in [-0.05, 0) is 40.8 Å². The number of aromatic nitrogens is 4. The van der Waals surface area contributed by atoms with Gasteiger partial charge in [0.1, 0.15) is 10.7 Å². The Balaban J connectivity index is 1.52. The van der Waals surface area contributed by atoms with Gasteiger partial charge in [-0.3, -0.25) is 0 Å². The number of para-hydroxylation sites is 1. The summed E-state index contributed by atoms with van der Waals surface area (Å²) in [6.07, 6.45) is 0. The average molecular weight is 423 g/mol. The minimum Gasteiger partial charge on any atom is -0.337 e. The van der Waals surface area contributed by atoms with Crippen LogP contribution in [0.4, 0.5) is 10.3 Å². The van der Waals surface area contributed by atoms with Crippen LogP contribution in [0.2, 0.25) is 5.02 Å². The lowest BCUT2D eigenvalue weighted by atomic mass is 10.3. The molecule has 11 heteroatoms. The summed E-state index contributed by atoms with van der Waals surface area (Å²) < 4.78 is 42.5. The third kappa shape index (κ3) is 3.46. The van der Waals surface area contributed by atoms with Crippen LogP contribution in [0, 0.1) is 5.82 Å². The van der Waals surface area contributed by atoms with Crippen molar-refractivity contribution in [1.29, 1.82) is 0 Å². The summed E-state index contributed by atoms with van der Waals surface area (Å²) in [6.45, 7) is 1.13. The van der Waals surface area contributed by atoms with E-state index in [9.17, 15) is 12.8 Å². The summed E-state index contributed by atoms with van der Waals surface area (Å²) in [6, 6.07) is 13.0. The molecule has 4 rings (SSSR count). The molecule has 1 saturated heterocycles. The number of benzene rings is 2. The van der Waals surface area contributed by atoms with E-state index in [1.165, 1.54) is 16.4 Å². The van der Waals surface area contributed by atoms with Gasteiger partial charge in [0.25, 0.3) is 0 Å². The minimum atomic E-state index is -3.95. The summed E-state index contributed by atoms with van der Waals surface area (Å²) >= 11 is 5.72. The van der Waals surface area contributed by atoms with Crippen molar-refractivity contribution in [2.24, 2.45) is 0 Å². The van der Waals surface area contributed by atoms with Crippen molar-refractivity contribution in [3.05, 3.63) is 59.4 Å². The molecule has 0 amide bonds. The number of nitrogens with zero attached hydrogens (tertiary/aromatic N) is 6. The van der Waals surface area contributed by atoms with Gasteiger partial charge in [-0.1, -0.05) is 34.9 Å². The van der Waals surface area contributed by atoms with Gasteiger partial charge in [-0.25, -0.2) is 12.8 Å². The largest absolute Gasteiger partial charge is 0.337 e. The van der Waals surface area contributed by atoms with E-state index in [4.69, 9.17) is 11.6 Å². The van der Waals surface area contributed by atoms with Gasteiger partial charge >= 0.3 is 0 Å². The van der Waals surface area contributed by atoms with Crippen molar-refractivity contribution in [2.45, 2.75) is 4.90 Å². The van der Waals surface area contributed by atoms with Gasteiger partial charge in [0.05, 0.1) is 5.69 Å². The van der Waals surface area contributed by atoms with E-state index in [-0.39, 0.29) is 23.0 Å². The lowest BCUT2D eigenvalue weighted by Crippen LogP contribution is -2.49. The first kappa shape index (κ1) is 18.8. The smallest absolute Gasteiger partial charge is 0.250 e. The Morgan fingerprint density at radius 3 is 2.39 bits per heavy atom. The summed E-state index contributed by atoms with van der Waals surface area (Å²) in [7, 11) is -3.95. The molecule has 0 atom stereocenters. The first-order valence-electron chi connectivity index (χ1n) is 8.51. The SMILES string of the molecule is O=S(=O)(c1ccc(Cl)cc1F)N1CCN(c2nnnn2-c2ccccc2)CC1. The maximum Gasteiger partial charge on any atom is 0.250 e. The number of hydrogen-bond acceptors (Lipinski definition) is 6. The zero-order chi connectivity index (χ0) is 19.7. The maximum absolute atomic E-state index is 14.1. The second kappa shape index (κ2) is 7.46. The molecule has 1 aliphatic rings. The monoisotopic (exact) mass is 422 g/mol. The molecule has 0 unspecified atom stereocenters. The summed E-state index contributed by atoms with van der Waals surface area (Å²) in [4.78, 5) is 1.52. The van der Waals surface area contributed by atoms with Crippen molar-refractivity contribution in [2.75, 3.05) is 31.1 Å². The fraction of sp³-hybridized carbons (Fsp3) is 0.235. The Bertz CT molecular complexity index is 1080. The third-order valence-electron chi connectivity index (χ3n) is 4.49. The molecule has 8 nitrogen and oxygen atoms in total. The molecular formula is C17H16ClFN6O2S. The quantitative estimate of drug-likeness (QED) is 0.639. The van der Waals surface area contributed by atoms with Crippen LogP contribution in [0.3, 0.4) is 0 Å². The van der Waals surface area contributed by atoms with Gasteiger partial charge in [-0.15, -0.1) is 0 Å². The molecule has 0 spiro atoms. The number of sulfonamides is 1. The minimum absolute atomic E-state index is 0.147. The fourth-order valence-corrected chi connectivity index (χ4v) is 4.69. The van der Waals surface area contributed by atoms with Crippen LogP contribution >= 0.6 is 11.6 Å². The Hall–Kier alpha value is -2.56. The van der Waals surface area contributed by atoms with Crippen molar-refractivity contribution in [3.8, 4) is 5.69 Å². The molecule has 1 aliphatic heterocycles. The standard InChI is InChI=1S/C17H16ClFN6O2S/c18-13-6-7-16(15(19)12-13)28(26,27)24-10-8-23(9-11-24)17-20-21-22-25(17)14-4-2-1-3-5-14/h1-7,12H,8-11H2. The normalized spacial score (nSPS) is 15.7. The topological polar surface area (TPSA) is 84.2 Å². The van der Waals surface area contributed by atoms with Crippen LogP contribution in [-0.4, -0.2) is 59.1 Å². The van der Waals surface area contributed by atoms with Gasteiger partial charge in [-0.2, -0.15) is 8.99 Å². The second-order valence-corrected chi connectivity index (χ2v) is 8.53. The zero-order valence-electron chi connectivity index (χ0n) is 14.6. The summed E-state index contributed by atoms with van der Waals surface area (Å²) in [5, 5.41) is 12.0. The molecular weight excluding hydrogens is 407 g/mol. The molecule has 2 heterocycles. The van der Waals surface area contributed by atoms with Crippen LogP contribution < -0.4 is 4.90 Å². The Kier molecular flexibility index (Phi) is 5.00. The molecule has 146 valence electrons. The molecule has 0 bridgehead atoms. The fourth-order valence-electron chi connectivity index (χ4n) is 3.07. The predicted molar refractivity (Wildman–Crippen MR) is 102 cm³/mol. The van der Waals surface area contributed by atoms with Crippen LogP contribution in [0.15, 0.2) is 53.4 Å². The third-order valence-corrected chi connectivity index (χ3v) is 6.65. The van der Waals surface area contributed by atoms with E-state index < -0.39 is 15.8 Å². The molecule has 3 aromatic rings. The molecule has 0 aliphatic carbocycles. The molecule has 1 aromatic heterocycles. The summed E-state index contributed by atoms with van der Waals surface area (Å²) in [5.41, 5.74) is 0.806. The highest BCUT2D eigenvalue weighted by Gasteiger charge is 2.32. The van der Waals surface area contributed by atoms with Crippen LogP contribution in [0.5, 0.6) is 0 Å². The van der Waals surface area contributed by atoms with E-state index in [1.54, 1.807) is 4.68 Å². The van der Waals surface area contributed by atoms with Gasteiger partial charge in [0.15, 0.2) is 0 Å². The van der Waals surface area contributed by atoms with Gasteiger partial charge in [0.2, 0.25) is 16.0 Å². The number of piperazine rings is 1. The maximum atomic E-state index is 14.1. The first-order valence-corrected chi connectivity index (χ1v) is 10.3. The molecule has 2 aromatic carbocycles. The molecule has 0 radical (unpaired) electrons. The zero-order valence-corrected chi connectivity index (χ0v) is 16.2. The number of tetrazole rings is 1. The van der Waals surface area contributed by atoms with Crippen LogP contribution in [-0.2, 0) is 10.0 Å². The Morgan fingerprint density at radius 2 is 1.71 bits per heavy atom. The lowest BCUT2D eigenvalue weighted by Gasteiger charge is -2.34. The highest BCUT2D eigenvalue weighted by Crippen LogP contribution is 2.24. The molecule has 0 N–H and O–H groups in total. The van der Waals surface area contributed by atoms with Crippen molar-refractivity contribution >= 4 is 27.6 Å². The number of rotatable bonds is 4. The number of anilines is 1. The van der Waals surface area contributed by atoms with Gasteiger partial charge < -0.3 is 4.90 Å². The van der Waals surface area contributed by atoms with Crippen LogP contribution in [0.25, 0.3) is 5.69 Å². The average Bonchev–Trinajstić information content (AvgIpc) is 3.18. The van der Waals surface area contributed by atoms with Crippen LogP contribution in [0.1, 0.15) is 0 Å². The van der Waals surface area contributed by atoms with E-state index in [0.717, 1.165) is 11.8 Å². The predicted octanol–water partition coefficient (Wildman–Crippen LogP) is 1.97. The van der Waals surface area contributed by atoms with Crippen molar-refractivity contribution < 1.29 is 12.8 Å². The first-order chi connectivity index (χ1) is 13.5. The molecule has 0 saturated carbocycles. The highest BCUT2D eigenvalue weighted by atomic mass is 35.5.